The highest BCUT2D eigenvalue weighted by atomic mass is 32.2. The molecule has 0 aliphatic carbocycles. The summed E-state index contributed by atoms with van der Waals surface area (Å²) in [6, 6.07) is 16.1. The van der Waals surface area contributed by atoms with E-state index in [2.05, 4.69) is 16.9 Å². The average molecular weight is 419 g/mol. The fraction of sp³-hybridized carbons (Fsp3) is 0.381. The predicted octanol–water partition coefficient (Wildman–Crippen LogP) is 1.95. The molecule has 1 heterocycles. The molecule has 7 nitrogen and oxygen atoms in total. The smallest absolute Gasteiger partial charge is 0.248 e. The number of hydrogen-bond acceptors (Lipinski definition) is 5. The second-order valence-electron chi connectivity index (χ2n) is 7.20. The van der Waals surface area contributed by atoms with E-state index in [9.17, 15) is 18.3 Å². The molecule has 2 atom stereocenters. The van der Waals surface area contributed by atoms with Crippen LogP contribution in [0, 0.1) is 0 Å². The van der Waals surface area contributed by atoms with E-state index in [1.165, 1.54) is 5.56 Å². The SMILES string of the molecule is CS(=O)(=O)Nc1ccc([C@@H](O)[C@H]2COCC(=O)N2CCCc2ccccc2)cc1. The van der Waals surface area contributed by atoms with Gasteiger partial charge in [0.2, 0.25) is 15.9 Å². The summed E-state index contributed by atoms with van der Waals surface area (Å²) in [6.45, 7) is 0.805. The van der Waals surface area contributed by atoms with Crippen molar-refractivity contribution in [1.29, 1.82) is 0 Å². The topological polar surface area (TPSA) is 95.9 Å². The predicted molar refractivity (Wildman–Crippen MR) is 111 cm³/mol. The number of benzene rings is 2. The summed E-state index contributed by atoms with van der Waals surface area (Å²) in [5.74, 6) is -0.135. The van der Waals surface area contributed by atoms with Crippen LogP contribution in [0.25, 0.3) is 0 Å². The molecule has 0 spiro atoms. The van der Waals surface area contributed by atoms with Crippen LogP contribution >= 0.6 is 0 Å². The lowest BCUT2D eigenvalue weighted by atomic mass is 9.99. The third-order valence-electron chi connectivity index (χ3n) is 4.86. The largest absolute Gasteiger partial charge is 0.386 e. The minimum atomic E-state index is -3.37. The minimum Gasteiger partial charge on any atom is -0.386 e. The van der Waals surface area contributed by atoms with Crippen LogP contribution in [-0.4, -0.2) is 56.4 Å². The van der Waals surface area contributed by atoms with Crippen LogP contribution in [0.2, 0.25) is 0 Å². The van der Waals surface area contributed by atoms with E-state index in [1.54, 1.807) is 29.2 Å². The van der Waals surface area contributed by atoms with Gasteiger partial charge < -0.3 is 14.7 Å². The van der Waals surface area contributed by atoms with Crippen LogP contribution in [0.4, 0.5) is 5.69 Å². The van der Waals surface area contributed by atoms with Crippen LogP contribution in [0.5, 0.6) is 0 Å². The normalized spacial score (nSPS) is 18.5. The van der Waals surface area contributed by atoms with Crippen molar-refractivity contribution in [2.24, 2.45) is 0 Å². The van der Waals surface area contributed by atoms with E-state index in [1.807, 2.05) is 18.2 Å². The fourth-order valence-corrected chi connectivity index (χ4v) is 4.02. The van der Waals surface area contributed by atoms with Gasteiger partial charge in [0.05, 0.1) is 18.9 Å². The molecule has 1 fully saturated rings. The summed E-state index contributed by atoms with van der Waals surface area (Å²) < 4.78 is 30.4. The second kappa shape index (κ2) is 9.39. The first kappa shape index (κ1) is 21.3. The number of aryl methyl sites for hydroxylation is 1. The van der Waals surface area contributed by atoms with Crippen molar-refractivity contribution in [2.45, 2.75) is 25.0 Å². The zero-order valence-corrected chi connectivity index (χ0v) is 17.1. The lowest BCUT2D eigenvalue weighted by Crippen LogP contribution is -2.52. The van der Waals surface area contributed by atoms with Gasteiger partial charge in [-0.2, -0.15) is 0 Å². The molecule has 1 aliphatic rings. The summed E-state index contributed by atoms with van der Waals surface area (Å²) in [5, 5.41) is 10.9. The number of rotatable bonds is 8. The quantitative estimate of drug-likeness (QED) is 0.683. The van der Waals surface area contributed by atoms with Crippen molar-refractivity contribution >= 4 is 21.6 Å². The van der Waals surface area contributed by atoms with Gasteiger partial charge in [-0.15, -0.1) is 0 Å². The zero-order chi connectivity index (χ0) is 20.9. The number of hydrogen-bond donors (Lipinski definition) is 2. The van der Waals surface area contributed by atoms with E-state index in [0.29, 0.717) is 17.8 Å². The number of carbonyl (C=O) groups excluding carboxylic acids is 1. The van der Waals surface area contributed by atoms with E-state index in [-0.39, 0.29) is 19.1 Å². The average Bonchev–Trinajstić information content (AvgIpc) is 2.69. The standard InChI is InChI=1S/C21H26N2O5S/c1-29(26,27)22-18-11-9-17(10-12-18)21(25)19-14-28-15-20(24)23(19)13-5-8-16-6-3-2-4-7-16/h2-4,6-7,9-12,19,21-22,25H,5,8,13-15H2,1H3/t19-,21-/m1/s1. The fourth-order valence-electron chi connectivity index (χ4n) is 3.46. The van der Waals surface area contributed by atoms with E-state index in [4.69, 9.17) is 4.74 Å². The van der Waals surface area contributed by atoms with Crippen LogP contribution < -0.4 is 4.72 Å². The number of nitrogens with one attached hydrogen (secondary N) is 1. The van der Waals surface area contributed by atoms with Gasteiger partial charge in [0.15, 0.2) is 0 Å². The number of amides is 1. The molecule has 2 aromatic carbocycles. The monoisotopic (exact) mass is 418 g/mol. The number of sulfonamides is 1. The molecule has 1 saturated heterocycles. The van der Waals surface area contributed by atoms with Crippen molar-refractivity contribution in [3.05, 3.63) is 65.7 Å². The first-order valence-corrected chi connectivity index (χ1v) is 11.4. The number of morpholine rings is 1. The van der Waals surface area contributed by atoms with Crippen molar-refractivity contribution < 1.29 is 23.1 Å². The van der Waals surface area contributed by atoms with Gasteiger partial charge in [-0.1, -0.05) is 42.5 Å². The van der Waals surface area contributed by atoms with Crippen LogP contribution in [0.3, 0.4) is 0 Å². The van der Waals surface area contributed by atoms with Crippen molar-refractivity contribution in [2.75, 3.05) is 30.7 Å². The third-order valence-corrected chi connectivity index (χ3v) is 5.47. The second-order valence-corrected chi connectivity index (χ2v) is 8.95. The molecule has 156 valence electrons. The van der Waals surface area contributed by atoms with E-state index >= 15 is 0 Å². The van der Waals surface area contributed by atoms with Crippen LogP contribution in [0.15, 0.2) is 54.6 Å². The number of aliphatic hydroxyl groups excluding tert-OH is 1. The number of anilines is 1. The molecule has 0 bridgehead atoms. The molecular weight excluding hydrogens is 392 g/mol. The molecule has 2 N–H and O–H groups in total. The first-order chi connectivity index (χ1) is 13.8. The minimum absolute atomic E-state index is 0.0196. The molecule has 0 unspecified atom stereocenters. The highest BCUT2D eigenvalue weighted by Gasteiger charge is 2.34. The van der Waals surface area contributed by atoms with Gasteiger partial charge in [-0.3, -0.25) is 9.52 Å². The molecule has 3 rings (SSSR count). The number of aliphatic hydroxyl groups is 1. The van der Waals surface area contributed by atoms with Crippen molar-refractivity contribution in [3.63, 3.8) is 0 Å². The zero-order valence-electron chi connectivity index (χ0n) is 16.3. The van der Waals surface area contributed by atoms with Crippen LogP contribution in [0.1, 0.15) is 23.7 Å². The Morgan fingerprint density at radius 1 is 1.17 bits per heavy atom. The maximum Gasteiger partial charge on any atom is 0.248 e. The Hall–Kier alpha value is -2.42. The molecular formula is C21H26N2O5S. The van der Waals surface area contributed by atoms with Crippen molar-refractivity contribution in [3.8, 4) is 0 Å². The lowest BCUT2D eigenvalue weighted by Gasteiger charge is -2.38. The van der Waals surface area contributed by atoms with E-state index < -0.39 is 22.2 Å². The van der Waals surface area contributed by atoms with Crippen LogP contribution in [-0.2, 0) is 26.0 Å². The Morgan fingerprint density at radius 3 is 2.52 bits per heavy atom. The first-order valence-electron chi connectivity index (χ1n) is 9.50. The molecule has 1 aliphatic heterocycles. The third kappa shape index (κ3) is 6.03. The summed E-state index contributed by atoms with van der Waals surface area (Å²) in [6.07, 6.45) is 1.79. The Kier molecular flexibility index (Phi) is 6.89. The molecule has 2 aromatic rings. The van der Waals surface area contributed by atoms with Gasteiger partial charge in [0.1, 0.15) is 12.7 Å². The summed E-state index contributed by atoms with van der Waals surface area (Å²) in [7, 11) is -3.37. The maximum atomic E-state index is 12.4. The lowest BCUT2D eigenvalue weighted by molar-refractivity contribution is -0.154. The van der Waals surface area contributed by atoms with Gasteiger partial charge in [-0.25, -0.2) is 8.42 Å². The summed E-state index contributed by atoms with van der Waals surface area (Å²) in [4.78, 5) is 14.1. The molecule has 29 heavy (non-hydrogen) atoms. The van der Waals surface area contributed by atoms with Gasteiger partial charge in [0.25, 0.3) is 0 Å². The Morgan fingerprint density at radius 2 is 1.86 bits per heavy atom. The number of nitrogens with zero attached hydrogens (tertiary/aromatic N) is 1. The highest BCUT2D eigenvalue weighted by molar-refractivity contribution is 7.92. The van der Waals surface area contributed by atoms with Gasteiger partial charge in [-0.05, 0) is 36.1 Å². The maximum absolute atomic E-state index is 12.4. The molecule has 1 amide bonds. The highest BCUT2D eigenvalue weighted by Crippen LogP contribution is 2.26. The summed E-state index contributed by atoms with van der Waals surface area (Å²) in [5.41, 5.74) is 2.22. The van der Waals surface area contributed by atoms with Gasteiger partial charge in [0, 0.05) is 12.2 Å². The Balaban J connectivity index is 1.66. The molecule has 0 aromatic heterocycles. The number of ether oxygens (including phenoxy) is 1. The molecule has 8 heteroatoms. The number of carbonyl (C=O) groups is 1. The summed E-state index contributed by atoms with van der Waals surface area (Å²) >= 11 is 0. The van der Waals surface area contributed by atoms with Crippen molar-refractivity contribution in [1.82, 2.24) is 4.90 Å². The van der Waals surface area contributed by atoms with Gasteiger partial charge >= 0.3 is 0 Å². The molecule has 0 radical (unpaired) electrons. The molecule has 0 saturated carbocycles. The van der Waals surface area contributed by atoms with E-state index in [0.717, 1.165) is 19.1 Å². The Bertz CT molecular complexity index is 916. The Labute approximate surface area is 171 Å².